The van der Waals surface area contributed by atoms with Crippen molar-refractivity contribution in [2.24, 2.45) is 0 Å². The van der Waals surface area contributed by atoms with Crippen LogP contribution in [-0.4, -0.2) is 25.5 Å². The highest BCUT2D eigenvalue weighted by Gasteiger charge is 2.27. The van der Waals surface area contributed by atoms with E-state index in [0.29, 0.717) is 5.56 Å². The second kappa shape index (κ2) is 7.60. The number of hydrogen-bond acceptors (Lipinski definition) is 6. The Morgan fingerprint density at radius 3 is 1.82 bits per heavy atom. The average molecular weight is 459 g/mol. The van der Waals surface area contributed by atoms with Crippen molar-refractivity contribution in [3.63, 3.8) is 0 Å². The van der Waals surface area contributed by atoms with Crippen molar-refractivity contribution < 1.29 is 25.5 Å². The molecule has 0 fully saturated rings. The third-order valence-electron chi connectivity index (χ3n) is 6.02. The van der Waals surface area contributed by atoms with Crippen molar-refractivity contribution in [2.45, 2.75) is 19.8 Å². The van der Waals surface area contributed by atoms with Crippen molar-refractivity contribution in [1.82, 2.24) is 0 Å². The fraction of sp³-hybridized carbons (Fsp3) is 0.111. The molecule has 5 rings (SSSR count). The van der Waals surface area contributed by atoms with Gasteiger partial charge in [-0.1, -0.05) is 68.4 Å². The molecule has 0 saturated carbocycles. The molecule has 0 spiro atoms. The van der Waals surface area contributed by atoms with Crippen LogP contribution in [-0.2, 0) is 0 Å². The second-order valence-electron chi connectivity index (χ2n) is 8.32. The van der Waals surface area contributed by atoms with E-state index in [4.69, 9.17) is 0 Å². The van der Waals surface area contributed by atoms with E-state index >= 15 is 0 Å². The molecule has 166 valence electrons. The summed E-state index contributed by atoms with van der Waals surface area (Å²) >= 11 is 1.71. The first kappa shape index (κ1) is 21.0. The summed E-state index contributed by atoms with van der Waals surface area (Å²) < 4.78 is 2.31. The third kappa shape index (κ3) is 3.06. The molecule has 0 aliphatic rings. The second-order valence-corrected chi connectivity index (χ2v) is 9.37. The van der Waals surface area contributed by atoms with Crippen LogP contribution >= 0.6 is 11.3 Å². The molecule has 0 saturated heterocycles. The molecule has 4 aromatic carbocycles. The number of phenolic OH excluding ortho intramolecular Hbond substituents is 5. The Labute approximate surface area is 194 Å². The number of phenols is 5. The normalized spacial score (nSPS) is 11.6. The number of benzene rings is 4. The maximum absolute atomic E-state index is 10.6. The maximum Gasteiger partial charge on any atom is 0.208 e. The molecular formula is C27H22O5S. The van der Waals surface area contributed by atoms with Gasteiger partial charge in [-0.05, 0) is 34.2 Å². The Morgan fingerprint density at radius 2 is 1.12 bits per heavy atom. The minimum atomic E-state index is -0.967. The Morgan fingerprint density at radius 1 is 0.576 bits per heavy atom. The minimum Gasteiger partial charge on any atom is -0.504 e. The van der Waals surface area contributed by atoms with Gasteiger partial charge in [0, 0.05) is 20.2 Å². The zero-order valence-corrected chi connectivity index (χ0v) is 18.8. The van der Waals surface area contributed by atoms with E-state index in [9.17, 15) is 25.5 Å². The summed E-state index contributed by atoms with van der Waals surface area (Å²) in [5, 5.41) is 53.6. The highest BCUT2D eigenvalue weighted by molar-refractivity contribution is 7.26. The smallest absolute Gasteiger partial charge is 0.208 e. The first-order chi connectivity index (χ1) is 15.8. The van der Waals surface area contributed by atoms with Gasteiger partial charge in [-0.2, -0.15) is 0 Å². The molecule has 0 atom stereocenters. The summed E-state index contributed by atoms with van der Waals surface area (Å²) in [5.74, 6) is -4.15. The lowest BCUT2D eigenvalue weighted by molar-refractivity contribution is 0.330. The van der Waals surface area contributed by atoms with Crippen LogP contribution in [0, 0.1) is 0 Å². The van der Waals surface area contributed by atoms with Crippen LogP contribution in [0.15, 0.2) is 60.7 Å². The molecule has 5 aromatic rings. The van der Waals surface area contributed by atoms with E-state index in [1.165, 1.54) is 10.1 Å². The predicted molar refractivity (Wildman–Crippen MR) is 133 cm³/mol. The molecule has 0 bridgehead atoms. The molecule has 33 heavy (non-hydrogen) atoms. The summed E-state index contributed by atoms with van der Waals surface area (Å²) in [6.45, 7) is 4.00. The number of hydrogen-bond donors (Lipinski definition) is 5. The van der Waals surface area contributed by atoms with Gasteiger partial charge in [0.05, 0.1) is 5.56 Å². The molecule has 6 heteroatoms. The van der Waals surface area contributed by atoms with Gasteiger partial charge in [-0.15, -0.1) is 11.3 Å². The zero-order chi connectivity index (χ0) is 23.4. The lowest BCUT2D eigenvalue weighted by Gasteiger charge is -2.21. The van der Waals surface area contributed by atoms with Gasteiger partial charge >= 0.3 is 0 Å². The molecule has 0 aliphatic heterocycles. The third-order valence-corrected chi connectivity index (χ3v) is 7.24. The maximum atomic E-state index is 10.6. The summed E-state index contributed by atoms with van der Waals surface area (Å²) in [7, 11) is 0. The van der Waals surface area contributed by atoms with Crippen LogP contribution in [0.4, 0.5) is 0 Å². The predicted octanol–water partition coefficient (Wildman–Crippen LogP) is 7.04. The number of rotatable bonds is 3. The molecule has 0 aliphatic carbocycles. The van der Waals surface area contributed by atoms with Crippen molar-refractivity contribution in [1.29, 1.82) is 0 Å². The molecule has 5 nitrogen and oxygen atoms in total. The average Bonchev–Trinajstić information content (AvgIpc) is 3.20. The van der Waals surface area contributed by atoms with Crippen molar-refractivity contribution in [2.75, 3.05) is 0 Å². The minimum absolute atomic E-state index is 0.0299. The Kier molecular flexibility index (Phi) is 4.83. The fourth-order valence-corrected chi connectivity index (χ4v) is 5.77. The van der Waals surface area contributed by atoms with Gasteiger partial charge in [-0.25, -0.2) is 0 Å². The SMILES string of the molecule is CC(C)c1c(-c2c(O)c(O)c(O)c(O)c2O)cccc1-c1cccc2c1sc1ccccc12. The van der Waals surface area contributed by atoms with Gasteiger partial charge in [0.2, 0.25) is 17.2 Å². The van der Waals surface area contributed by atoms with Crippen LogP contribution in [0.5, 0.6) is 28.7 Å². The summed E-state index contributed by atoms with van der Waals surface area (Å²) in [4.78, 5) is 0. The summed E-state index contributed by atoms with van der Waals surface area (Å²) in [6.07, 6.45) is 0. The van der Waals surface area contributed by atoms with E-state index in [1.54, 1.807) is 17.4 Å². The Hall–Kier alpha value is -3.90. The van der Waals surface area contributed by atoms with Crippen LogP contribution in [0.1, 0.15) is 25.3 Å². The summed E-state index contributed by atoms with van der Waals surface area (Å²) in [5.41, 5.74) is 3.10. The highest BCUT2D eigenvalue weighted by atomic mass is 32.1. The van der Waals surface area contributed by atoms with E-state index in [1.807, 2.05) is 50.2 Å². The zero-order valence-electron chi connectivity index (χ0n) is 18.0. The monoisotopic (exact) mass is 458 g/mol. The fourth-order valence-electron chi connectivity index (χ4n) is 4.54. The first-order valence-electron chi connectivity index (χ1n) is 10.5. The van der Waals surface area contributed by atoms with E-state index < -0.39 is 28.7 Å². The Bertz CT molecular complexity index is 1520. The van der Waals surface area contributed by atoms with Crippen molar-refractivity contribution in [3.05, 3.63) is 66.2 Å². The van der Waals surface area contributed by atoms with Gasteiger partial charge < -0.3 is 25.5 Å². The van der Waals surface area contributed by atoms with Gasteiger partial charge in [-0.3, -0.25) is 0 Å². The van der Waals surface area contributed by atoms with E-state index in [0.717, 1.165) is 26.8 Å². The van der Waals surface area contributed by atoms with Crippen LogP contribution in [0.2, 0.25) is 0 Å². The Balaban J connectivity index is 1.86. The number of thiophene rings is 1. The van der Waals surface area contributed by atoms with E-state index in [2.05, 4.69) is 18.2 Å². The van der Waals surface area contributed by atoms with Crippen molar-refractivity contribution in [3.8, 4) is 51.0 Å². The topological polar surface area (TPSA) is 101 Å². The van der Waals surface area contributed by atoms with Crippen LogP contribution in [0.3, 0.4) is 0 Å². The largest absolute Gasteiger partial charge is 0.504 e. The van der Waals surface area contributed by atoms with Gasteiger partial charge in [0.15, 0.2) is 11.5 Å². The van der Waals surface area contributed by atoms with Crippen LogP contribution < -0.4 is 0 Å². The van der Waals surface area contributed by atoms with E-state index in [-0.39, 0.29) is 11.5 Å². The molecule has 0 radical (unpaired) electrons. The molecule has 5 N–H and O–H groups in total. The quantitative estimate of drug-likeness (QED) is 0.147. The molecule has 1 heterocycles. The van der Waals surface area contributed by atoms with Gasteiger partial charge in [0.1, 0.15) is 0 Å². The highest BCUT2D eigenvalue weighted by Crippen LogP contribution is 2.56. The molecule has 1 aromatic heterocycles. The lowest BCUT2D eigenvalue weighted by Crippen LogP contribution is -1.98. The summed E-state index contributed by atoms with van der Waals surface area (Å²) in [6, 6.07) is 19.9. The number of fused-ring (bicyclic) bond motifs is 3. The standard InChI is InChI=1S/C27H22O5S/c1-13(2)20-15(17-10-6-9-16-14-7-3-4-12-19(14)33-27(16)17)8-5-11-18(20)21-22(28)24(30)26(32)25(31)23(21)29/h3-13,28-32H,1-2H3. The lowest BCUT2D eigenvalue weighted by atomic mass is 9.85. The molecular weight excluding hydrogens is 436 g/mol. The van der Waals surface area contributed by atoms with Gasteiger partial charge in [0.25, 0.3) is 0 Å². The van der Waals surface area contributed by atoms with Crippen molar-refractivity contribution >= 4 is 31.5 Å². The molecule has 0 unspecified atom stereocenters. The van der Waals surface area contributed by atoms with Crippen LogP contribution in [0.25, 0.3) is 42.4 Å². The molecule has 0 amide bonds. The number of aromatic hydroxyl groups is 5. The first-order valence-corrected chi connectivity index (χ1v) is 11.4.